The number of rotatable bonds is 6. The first-order valence-electron chi connectivity index (χ1n) is 8.48. The Hall–Kier alpha value is -1.47. The molecule has 7 heteroatoms. The monoisotopic (exact) mass is 336 g/mol. The van der Waals surface area contributed by atoms with Crippen molar-refractivity contribution < 1.29 is 5.11 Å². The number of nitrogens with zero attached hydrogens (tertiary/aromatic N) is 3. The average Bonchev–Trinajstić information content (AvgIpc) is 2.98. The summed E-state index contributed by atoms with van der Waals surface area (Å²) in [6.45, 7) is 2.15. The lowest BCUT2D eigenvalue weighted by atomic mass is 9.83. The zero-order chi connectivity index (χ0) is 16.2. The number of anilines is 1. The Labute approximate surface area is 139 Å². The van der Waals surface area contributed by atoms with Crippen molar-refractivity contribution in [2.75, 3.05) is 11.9 Å². The molecule has 1 unspecified atom stereocenters. The Morgan fingerprint density at radius 2 is 2.22 bits per heavy atom. The third-order valence-corrected chi connectivity index (χ3v) is 5.47. The van der Waals surface area contributed by atoms with Gasteiger partial charge >= 0.3 is 0 Å². The first-order chi connectivity index (χ1) is 11.2. The van der Waals surface area contributed by atoms with E-state index in [-0.39, 0.29) is 18.2 Å². The molecule has 2 aromatic rings. The van der Waals surface area contributed by atoms with E-state index in [1.807, 2.05) is 6.92 Å². The van der Waals surface area contributed by atoms with Gasteiger partial charge in [0, 0.05) is 24.4 Å². The molecule has 2 heterocycles. The van der Waals surface area contributed by atoms with Crippen molar-refractivity contribution in [1.29, 1.82) is 0 Å². The largest absolute Gasteiger partial charge is 0.396 e. The highest BCUT2D eigenvalue weighted by molar-refractivity contribution is 7.20. The Morgan fingerprint density at radius 1 is 1.43 bits per heavy atom. The van der Waals surface area contributed by atoms with Crippen LogP contribution in [0, 0.1) is 5.92 Å². The summed E-state index contributed by atoms with van der Waals surface area (Å²) in [5.41, 5.74) is 0.664. The van der Waals surface area contributed by atoms with E-state index in [0.717, 1.165) is 12.1 Å². The van der Waals surface area contributed by atoms with Gasteiger partial charge in [0.15, 0.2) is 0 Å². The summed E-state index contributed by atoms with van der Waals surface area (Å²) >= 11 is 1.41. The quantitative estimate of drug-likeness (QED) is 0.847. The van der Waals surface area contributed by atoms with E-state index in [0.29, 0.717) is 22.4 Å². The zero-order valence-corrected chi connectivity index (χ0v) is 14.3. The fourth-order valence-corrected chi connectivity index (χ4v) is 4.24. The Kier molecular flexibility index (Phi) is 5.27. The summed E-state index contributed by atoms with van der Waals surface area (Å²) in [6, 6.07) is 1.75. The van der Waals surface area contributed by atoms with Gasteiger partial charge in [-0.15, -0.1) is 5.10 Å². The molecule has 0 radical (unpaired) electrons. The predicted octanol–water partition coefficient (Wildman–Crippen LogP) is 2.46. The molecule has 1 aliphatic carbocycles. The number of hydrogen-bond donors (Lipinski definition) is 2. The number of aliphatic hydroxyl groups excluding tert-OH is 1. The molecule has 0 saturated heterocycles. The van der Waals surface area contributed by atoms with Crippen LogP contribution in [0.15, 0.2) is 10.9 Å². The molecular weight excluding hydrogens is 312 g/mol. The normalized spacial score (nSPS) is 17.5. The molecule has 0 bridgehead atoms. The molecule has 0 aromatic carbocycles. The highest BCUT2D eigenvalue weighted by atomic mass is 32.1. The van der Waals surface area contributed by atoms with E-state index < -0.39 is 0 Å². The molecule has 1 aliphatic rings. The summed E-state index contributed by atoms with van der Waals surface area (Å²) in [4.78, 5) is 17.2. The lowest BCUT2D eigenvalue weighted by Crippen LogP contribution is -2.31. The van der Waals surface area contributed by atoms with Crippen molar-refractivity contribution in [2.45, 2.75) is 57.9 Å². The fourth-order valence-electron chi connectivity index (χ4n) is 3.36. The van der Waals surface area contributed by atoms with Crippen LogP contribution in [0.1, 0.15) is 51.1 Å². The zero-order valence-electron chi connectivity index (χ0n) is 13.5. The minimum atomic E-state index is -0.132. The fraction of sp³-hybridized carbons (Fsp3) is 0.688. The van der Waals surface area contributed by atoms with E-state index in [2.05, 4.69) is 15.4 Å². The van der Waals surface area contributed by atoms with Crippen molar-refractivity contribution in [3.8, 4) is 0 Å². The molecule has 6 nitrogen and oxygen atoms in total. The number of aromatic nitrogens is 3. The predicted molar refractivity (Wildman–Crippen MR) is 92.2 cm³/mol. The highest BCUT2D eigenvalue weighted by Gasteiger charge is 2.24. The molecule has 0 amide bonds. The second-order valence-corrected chi connectivity index (χ2v) is 7.16. The Balaban J connectivity index is 1.83. The van der Waals surface area contributed by atoms with Gasteiger partial charge in [-0.2, -0.15) is 4.52 Å². The molecule has 1 fully saturated rings. The van der Waals surface area contributed by atoms with Crippen molar-refractivity contribution >= 4 is 21.4 Å². The van der Waals surface area contributed by atoms with Crippen LogP contribution in [0.5, 0.6) is 0 Å². The van der Waals surface area contributed by atoms with Crippen LogP contribution in [0.4, 0.5) is 5.13 Å². The minimum absolute atomic E-state index is 0.132. The van der Waals surface area contributed by atoms with Gasteiger partial charge in [0.25, 0.3) is 5.56 Å². The first-order valence-corrected chi connectivity index (χ1v) is 9.30. The molecule has 0 spiro atoms. The van der Waals surface area contributed by atoms with E-state index >= 15 is 0 Å². The van der Waals surface area contributed by atoms with Gasteiger partial charge in [-0.3, -0.25) is 4.79 Å². The third kappa shape index (κ3) is 3.72. The Morgan fingerprint density at radius 3 is 2.91 bits per heavy atom. The summed E-state index contributed by atoms with van der Waals surface area (Å²) in [5, 5.41) is 17.9. The number of hydrogen-bond acceptors (Lipinski definition) is 6. The number of aryl methyl sites for hydroxylation is 1. The van der Waals surface area contributed by atoms with Crippen LogP contribution in [-0.2, 0) is 6.42 Å². The van der Waals surface area contributed by atoms with Crippen molar-refractivity contribution in [3.05, 3.63) is 22.1 Å². The standard InChI is InChI=1S/C16H24N4O2S/c1-2-12-10-14(22)20-16(17-12)23-15(19-20)18-13(8-9-21)11-6-4-3-5-7-11/h10-11,13,21H,2-9H2,1H3,(H,18,19). The van der Waals surface area contributed by atoms with Gasteiger partial charge in [0.1, 0.15) is 0 Å². The van der Waals surface area contributed by atoms with Gasteiger partial charge in [-0.1, -0.05) is 37.5 Å². The first kappa shape index (κ1) is 16.4. The molecule has 2 aromatic heterocycles. The molecule has 1 atom stereocenters. The van der Waals surface area contributed by atoms with Crippen molar-refractivity contribution in [2.24, 2.45) is 5.92 Å². The lowest BCUT2D eigenvalue weighted by Gasteiger charge is -2.30. The highest BCUT2D eigenvalue weighted by Crippen LogP contribution is 2.30. The van der Waals surface area contributed by atoms with Crippen LogP contribution in [0.2, 0.25) is 0 Å². The maximum absolute atomic E-state index is 12.1. The molecular formula is C16H24N4O2S. The van der Waals surface area contributed by atoms with Gasteiger partial charge in [0.2, 0.25) is 10.1 Å². The summed E-state index contributed by atoms with van der Waals surface area (Å²) in [5.74, 6) is 0.568. The van der Waals surface area contributed by atoms with Crippen LogP contribution in [0.25, 0.3) is 4.96 Å². The smallest absolute Gasteiger partial charge is 0.275 e. The molecule has 3 rings (SSSR count). The third-order valence-electron chi connectivity index (χ3n) is 4.63. The number of nitrogens with one attached hydrogen (secondary N) is 1. The Bertz CT molecular complexity index is 706. The van der Waals surface area contributed by atoms with Gasteiger partial charge in [-0.25, -0.2) is 4.98 Å². The number of aliphatic hydroxyl groups is 1. The molecule has 126 valence electrons. The van der Waals surface area contributed by atoms with Gasteiger partial charge in [-0.05, 0) is 31.6 Å². The average molecular weight is 336 g/mol. The SMILES string of the molecule is CCc1cc(=O)n2nc(NC(CCO)C3CCCCC3)sc2n1. The molecule has 1 saturated carbocycles. The van der Waals surface area contributed by atoms with Crippen LogP contribution < -0.4 is 10.9 Å². The van der Waals surface area contributed by atoms with E-state index in [1.165, 1.54) is 48.0 Å². The summed E-state index contributed by atoms with van der Waals surface area (Å²) in [7, 11) is 0. The topological polar surface area (TPSA) is 79.5 Å². The lowest BCUT2D eigenvalue weighted by molar-refractivity contribution is 0.239. The maximum atomic E-state index is 12.1. The van der Waals surface area contributed by atoms with Crippen molar-refractivity contribution in [3.63, 3.8) is 0 Å². The molecule has 23 heavy (non-hydrogen) atoms. The molecule has 0 aliphatic heterocycles. The van der Waals surface area contributed by atoms with Gasteiger partial charge < -0.3 is 10.4 Å². The van der Waals surface area contributed by atoms with E-state index in [4.69, 9.17) is 0 Å². The van der Waals surface area contributed by atoms with Crippen LogP contribution >= 0.6 is 11.3 Å². The summed E-state index contributed by atoms with van der Waals surface area (Å²) in [6.07, 6.45) is 7.67. The molecule has 2 N–H and O–H groups in total. The van der Waals surface area contributed by atoms with Gasteiger partial charge in [0.05, 0.1) is 0 Å². The van der Waals surface area contributed by atoms with Crippen LogP contribution in [-0.4, -0.2) is 32.4 Å². The van der Waals surface area contributed by atoms with E-state index in [9.17, 15) is 9.90 Å². The summed E-state index contributed by atoms with van der Waals surface area (Å²) < 4.78 is 1.36. The van der Waals surface area contributed by atoms with Crippen molar-refractivity contribution in [1.82, 2.24) is 14.6 Å². The van der Waals surface area contributed by atoms with Crippen LogP contribution in [0.3, 0.4) is 0 Å². The second-order valence-electron chi connectivity index (χ2n) is 6.20. The minimum Gasteiger partial charge on any atom is -0.396 e. The second kappa shape index (κ2) is 7.40. The number of fused-ring (bicyclic) bond motifs is 1. The maximum Gasteiger partial charge on any atom is 0.275 e. The van der Waals surface area contributed by atoms with E-state index in [1.54, 1.807) is 6.07 Å².